The van der Waals surface area contributed by atoms with Crippen LogP contribution >= 0.6 is 23.5 Å². The molecule has 5 nitrogen and oxygen atoms in total. The Labute approximate surface area is 269 Å². The smallest absolute Gasteiger partial charge is 0.303 e. The van der Waals surface area contributed by atoms with Gasteiger partial charge in [0.15, 0.2) is 6.10 Å². The number of hydrogen-bond donors (Lipinski definition) is 2. The molecule has 0 amide bonds. The van der Waals surface area contributed by atoms with Gasteiger partial charge in [0.05, 0.1) is 10.7 Å². The van der Waals surface area contributed by atoms with E-state index in [1.165, 1.54) is 6.92 Å². The zero-order valence-electron chi connectivity index (χ0n) is 29.2. The van der Waals surface area contributed by atoms with Crippen LogP contribution in [0.15, 0.2) is 34.1 Å². The van der Waals surface area contributed by atoms with Crippen molar-refractivity contribution in [2.75, 3.05) is 13.2 Å². The maximum absolute atomic E-state index is 11.5. The Bertz CT molecular complexity index is 1210. The zero-order chi connectivity index (χ0) is 33.3. The first-order valence-corrected chi connectivity index (χ1v) is 16.8. The van der Waals surface area contributed by atoms with Gasteiger partial charge in [0, 0.05) is 39.0 Å². The third-order valence-corrected chi connectivity index (χ3v) is 9.48. The van der Waals surface area contributed by atoms with Gasteiger partial charge in [-0.25, -0.2) is 0 Å². The first-order chi connectivity index (χ1) is 19.3. The van der Waals surface area contributed by atoms with Crippen molar-refractivity contribution in [1.29, 1.82) is 0 Å². The predicted octanol–water partition coefficient (Wildman–Crippen LogP) is 9.51. The summed E-state index contributed by atoms with van der Waals surface area (Å²) in [5.74, 6) is 0.731. The molecule has 1 unspecified atom stereocenters. The highest BCUT2D eigenvalue weighted by molar-refractivity contribution is 8.18. The number of phenols is 1. The number of carbonyl (C=O) groups is 1. The van der Waals surface area contributed by atoms with Crippen LogP contribution in [0.25, 0.3) is 0 Å². The fourth-order valence-electron chi connectivity index (χ4n) is 4.86. The molecule has 0 saturated heterocycles. The third-order valence-electron chi connectivity index (χ3n) is 7.06. The lowest BCUT2D eigenvalue weighted by molar-refractivity contribution is -0.150. The fourth-order valence-corrected chi connectivity index (χ4v) is 7.45. The molecule has 7 heteroatoms. The van der Waals surface area contributed by atoms with Gasteiger partial charge in [-0.2, -0.15) is 0 Å². The summed E-state index contributed by atoms with van der Waals surface area (Å²) < 4.78 is 11.4. The number of aromatic hydroxyl groups is 1. The minimum absolute atomic E-state index is 0.0726. The van der Waals surface area contributed by atoms with Gasteiger partial charge in [0.1, 0.15) is 18.1 Å². The van der Waals surface area contributed by atoms with Gasteiger partial charge >= 0.3 is 5.97 Å². The van der Waals surface area contributed by atoms with Crippen LogP contribution in [-0.2, 0) is 31.2 Å². The molecule has 0 fully saturated rings. The third kappa shape index (κ3) is 10.4. The molecule has 1 atom stereocenters. The van der Waals surface area contributed by atoms with Crippen LogP contribution in [0.3, 0.4) is 0 Å². The number of thioether (sulfide) groups is 2. The molecule has 0 aliphatic heterocycles. The minimum Gasteiger partial charge on any atom is -0.507 e. The van der Waals surface area contributed by atoms with E-state index in [-0.39, 0.29) is 39.0 Å². The highest BCUT2D eigenvalue weighted by Gasteiger charge is 2.32. The number of hydrogen-bond acceptors (Lipinski definition) is 7. The molecule has 0 aromatic heterocycles. The van der Waals surface area contributed by atoms with Gasteiger partial charge in [-0.05, 0) is 59.8 Å². The lowest BCUT2D eigenvalue weighted by Gasteiger charge is -2.33. The normalized spacial score (nSPS) is 14.0. The Morgan fingerprint density at radius 1 is 0.698 bits per heavy atom. The monoisotopic (exact) mass is 632 g/mol. The molecule has 242 valence electrons. The molecule has 0 heterocycles. The first-order valence-electron chi connectivity index (χ1n) is 15.1. The summed E-state index contributed by atoms with van der Waals surface area (Å²) in [6.07, 6.45) is -0.733. The number of aliphatic hydroxyl groups is 1. The van der Waals surface area contributed by atoms with E-state index in [1.54, 1.807) is 0 Å². The maximum Gasteiger partial charge on any atom is 0.303 e. The fraction of sp³-hybridized carbons (Fsp3) is 0.639. The number of benzene rings is 2. The highest BCUT2D eigenvalue weighted by Crippen LogP contribution is 2.51. The van der Waals surface area contributed by atoms with Crippen molar-refractivity contribution in [2.24, 2.45) is 0 Å². The van der Waals surface area contributed by atoms with Gasteiger partial charge in [-0.3, -0.25) is 4.79 Å². The van der Waals surface area contributed by atoms with Gasteiger partial charge < -0.3 is 19.7 Å². The lowest BCUT2D eigenvalue weighted by atomic mass is 9.79. The molecule has 2 rings (SSSR count). The predicted molar refractivity (Wildman–Crippen MR) is 183 cm³/mol. The number of ether oxygens (including phenoxy) is 2. The van der Waals surface area contributed by atoms with E-state index >= 15 is 0 Å². The van der Waals surface area contributed by atoms with E-state index in [9.17, 15) is 15.0 Å². The molecule has 0 saturated carbocycles. The van der Waals surface area contributed by atoms with Crippen molar-refractivity contribution < 1.29 is 24.5 Å². The van der Waals surface area contributed by atoms with Crippen molar-refractivity contribution in [3.8, 4) is 11.5 Å². The Hall–Kier alpha value is -1.83. The lowest BCUT2D eigenvalue weighted by Crippen LogP contribution is -2.29. The van der Waals surface area contributed by atoms with Crippen LogP contribution in [0.1, 0.15) is 126 Å². The molecule has 43 heavy (non-hydrogen) atoms. The number of aliphatic hydroxyl groups excluding tert-OH is 1. The van der Waals surface area contributed by atoms with E-state index in [0.29, 0.717) is 5.75 Å². The number of carbonyl (C=O) groups excluding carboxylic acids is 1. The zero-order valence-corrected chi connectivity index (χ0v) is 30.9. The second kappa shape index (κ2) is 13.3. The molecular weight excluding hydrogens is 577 g/mol. The van der Waals surface area contributed by atoms with E-state index in [2.05, 4.69) is 121 Å². The Morgan fingerprint density at radius 3 is 1.35 bits per heavy atom. The van der Waals surface area contributed by atoms with Gasteiger partial charge in [-0.1, -0.05) is 83.1 Å². The molecule has 0 aliphatic rings. The van der Waals surface area contributed by atoms with Crippen LogP contribution in [0, 0.1) is 0 Å². The maximum atomic E-state index is 11.5. The molecule has 0 radical (unpaired) electrons. The summed E-state index contributed by atoms with van der Waals surface area (Å²) in [5.41, 5.74) is 3.23. The average molecular weight is 633 g/mol. The van der Waals surface area contributed by atoms with Crippen molar-refractivity contribution in [3.05, 3.63) is 46.5 Å². The van der Waals surface area contributed by atoms with E-state index in [0.717, 1.165) is 37.8 Å². The molecule has 0 spiro atoms. The van der Waals surface area contributed by atoms with E-state index < -0.39 is 12.1 Å². The first kappa shape index (κ1) is 37.4. The van der Waals surface area contributed by atoms with Gasteiger partial charge in [-0.15, -0.1) is 23.5 Å². The van der Waals surface area contributed by atoms with Crippen LogP contribution in [0.5, 0.6) is 11.5 Å². The Morgan fingerprint density at radius 2 is 1.05 bits per heavy atom. The highest BCUT2D eigenvalue weighted by atomic mass is 32.2. The standard InChI is InChI=1S/C36H56O5S2/c1-22(38)41-23(20-37)21-40-31-28(34(8,9)10)18-25(19-29(31)35(11,12)13)43-36(14,15)42-24-16-26(32(2,3)4)30(39)27(17-24)33(5,6)7/h16-19,23,37,39H,20-21H2,1-15H3. The molecule has 2 aromatic rings. The summed E-state index contributed by atoms with van der Waals surface area (Å²) in [6, 6.07) is 8.73. The van der Waals surface area contributed by atoms with E-state index in [4.69, 9.17) is 9.47 Å². The summed E-state index contributed by atoms with van der Waals surface area (Å²) in [6.45, 7) is 31.5. The molecule has 2 aromatic carbocycles. The molecule has 2 N–H and O–H groups in total. The number of phenolic OH excluding ortho intramolecular Hbond substituents is 1. The van der Waals surface area contributed by atoms with Crippen LogP contribution in [0.2, 0.25) is 0 Å². The summed E-state index contributed by atoms with van der Waals surface area (Å²) in [4.78, 5) is 13.8. The van der Waals surface area contributed by atoms with Crippen molar-refractivity contribution in [3.63, 3.8) is 0 Å². The molecule has 0 bridgehead atoms. The SMILES string of the molecule is CC(=O)OC(CO)COc1c(C(C)(C)C)cc(SC(C)(C)Sc2cc(C(C)(C)C)c(O)c(C(C)(C)C)c2)cc1C(C)(C)C. The van der Waals surface area contributed by atoms with Gasteiger partial charge in [0.2, 0.25) is 0 Å². The summed E-state index contributed by atoms with van der Waals surface area (Å²) >= 11 is 3.62. The van der Waals surface area contributed by atoms with Crippen LogP contribution < -0.4 is 4.74 Å². The largest absolute Gasteiger partial charge is 0.507 e. The quantitative estimate of drug-likeness (QED) is 0.162. The average Bonchev–Trinajstić information content (AvgIpc) is 2.79. The number of esters is 1. The van der Waals surface area contributed by atoms with Crippen LogP contribution in [-0.4, -0.2) is 39.6 Å². The summed E-state index contributed by atoms with van der Waals surface area (Å²) in [5, 5.41) is 21.0. The summed E-state index contributed by atoms with van der Waals surface area (Å²) in [7, 11) is 0. The topological polar surface area (TPSA) is 76.0 Å². The second-order valence-electron chi connectivity index (χ2n) is 16.0. The van der Waals surface area contributed by atoms with Crippen molar-refractivity contribution in [1.82, 2.24) is 0 Å². The molecule has 0 aliphatic carbocycles. The van der Waals surface area contributed by atoms with Gasteiger partial charge in [0.25, 0.3) is 0 Å². The Kier molecular flexibility index (Phi) is 11.5. The van der Waals surface area contributed by atoms with E-state index in [1.807, 2.05) is 23.5 Å². The van der Waals surface area contributed by atoms with Crippen molar-refractivity contribution >= 4 is 29.5 Å². The van der Waals surface area contributed by atoms with Crippen molar-refractivity contribution in [2.45, 2.75) is 145 Å². The van der Waals surface area contributed by atoms with Crippen LogP contribution in [0.4, 0.5) is 0 Å². The Balaban J connectivity index is 2.60. The minimum atomic E-state index is -0.733. The molecular formula is C36H56O5S2. The second-order valence-corrected chi connectivity index (χ2v) is 19.7. The number of rotatable bonds is 9.